The minimum Gasteiger partial charge on any atom is -0.370 e. The zero-order valence-corrected chi connectivity index (χ0v) is 5.29. The maximum Gasteiger partial charge on any atom is 0.428 e. The third-order valence-corrected chi connectivity index (χ3v) is 0.884. The van der Waals surface area contributed by atoms with Crippen LogP contribution in [0.2, 0.25) is 0 Å². The van der Waals surface area contributed by atoms with Gasteiger partial charge in [-0.2, -0.15) is 13.2 Å². The van der Waals surface area contributed by atoms with Gasteiger partial charge in [-0.3, -0.25) is 0 Å². The number of halogens is 3. The molecule has 0 saturated heterocycles. The van der Waals surface area contributed by atoms with Crippen LogP contribution >= 0.6 is 0 Å². The van der Waals surface area contributed by atoms with E-state index in [4.69, 9.17) is 5.11 Å². The molecule has 0 bridgehead atoms. The van der Waals surface area contributed by atoms with E-state index >= 15 is 0 Å². The average Bonchev–Trinajstić information content (AvgIpc) is 1.61. The van der Waals surface area contributed by atoms with Gasteiger partial charge in [-0.25, -0.2) is 0 Å². The van der Waals surface area contributed by atoms with E-state index in [1.165, 1.54) is 5.92 Å². The standard InChI is InChI=1S/C6H6F3O/c1-3-4-5(2,10)6(7,8)9/h10H,1H2,2H3. The normalized spacial score (nSPS) is 17.0. The molecule has 0 aliphatic heterocycles. The van der Waals surface area contributed by atoms with Crippen molar-refractivity contribution in [3.05, 3.63) is 6.92 Å². The highest BCUT2D eigenvalue weighted by atomic mass is 19.4. The molecular weight excluding hydrogens is 145 g/mol. The number of hydrogen-bond acceptors (Lipinski definition) is 1. The summed E-state index contributed by atoms with van der Waals surface area (Å²) < 4.78 is 34.9. The summed E-state index contributed by atoms with van der Waals surface area (Å²) in [6.45, 7) is 3.44. The highest BCUT2D eigenvalue weighted by Crippen LogP contribution is 2.28. The summed E-state index contributed by atoms with van der Waals surface area (Å²) in [4.78, 5) is 0. The van der Waals surface area contributed by atoms with Crippen LogP contribution in [-0.4, -0.2) is 16.9 Å². The summed E-state index contributed by atoms with van der Waals surface area (Å²) in [6.07, 6.45) is -4.71. The SMILES string of the molecule is [CH2]C#CC(C)(O)C(F)(F)F. The van der Waals surface area contributed by atoms with Crippen molar-refractivity contribution in [3.63, 3.8) is 0 Å². The lowest BCUT2D eigenvalue weighted by atomic mass is 10.1. The Bertz CT molecular complexity index is 170. The molecule has 0 rings (SSSR count). The van der Waals surface area contributed by atoms with Gasteiger partial charge in [-0.05, 0) is 6.92 Å². The second kappa shape index (κ2) is 2.51. The molecule has 0 aliphatic carbocycles. The van der Waals surface area contributed by atoms with E-state index in [1.807, 2.05) is 0 Å². The van der Waals surface area contributed by atoms with Crippen molar-refractivity contribution in [2.24, 2.45) is 0 Å². The fourth-order valence-corrected chi connectivity index (χ4v) is 0.243. The van der Waals surface area contributed by atoms with Gasteiger partial charge < -0.3 is 5.11 Å². The largest absolute Gasteiger partial charge is 0.428 e. The topological polar surface area (TPSA) is 20.2 Å². The predicted octanol–water partition coefficient (Wildman–Crippen LogP) is 1.14. The van der Waals surface area contributed by atoms with E-state index in [2.05, 4.69) is 6.92 Å². The Morgan fingerprint density at radius 2 is 1.80 bits per heavy atom. The molecule has 1 N–H and O–H groups in total. The van der Waals surface area contributed by atoms with Crippen molar-refractivity contribution in [2.75, 3.05) is 0 Å². The Kier molecular flexibility index (Phi) is 2.33. The van der Waals surface area contributed by atoms with Crippen LogP contribution in [0, 0.1) is 18.8 Å². The highest BCUT2D eigenvalue weighted by Gasteiger charge is 2.48. The molecule has 0 heterocycles. The molecule has 1 unspecified atom stereocenters. The monoisotopic (exact) mass is 151 g/mol. The van der Waals surface area contributed by atoms with Crippen LogP contribution in [0.15, 0.2) is 0 Å². The summed E-state index contributed by atoms with van der Waals surface area (Å²) in [5.74, 6) is 3.28. The lowest BCUT2D eigenvalue weighted by molar-refractivity contribution is -0.228. The van der Waals surface area contributed by atoms with Gasteiger partial charge >= 0.3 is 6.18 Å². The molecule has 0 saturated carbocycles. The van der Waals surface area contributed by atoms with E-state index in [0.29, 0.717) is 6.92 Å². The molecule has 0 aromatic carbocycles. The molecular formula is C6H6F3O. The van der Waals surface area contributed by atoms with E-state index in [1.54, 1.807) is 5.92 Å². The van der Waals surface area contributed by atoms with E-state index in [0.717, 1.165) is 0 Å². The molecule has 1 radical (unpaired) electrons. The molecule has 0 spiro atoms. The number of hydrogen-bond donors (Lipinski definition) is 1. The van der Waals surface area contributed by atoms with Gasteiger partial charge in [-0.15, -0.1) is 0 Å². The maximum atomic E-state index is 11.6. The van der Waals surface area contributed by atoms with Crippen LogP contribution in [0.3, 0.4) is 0 Å². The molecule has 57 valence electrons. The van der Waals surface area contributed by atoms with Crippen molar-refractivity contribution in [2.45, 2.75) is 18.7 Å². The lowest BCUT2D eigenvalue weighted by Gasteiger charge is -2.19. The van der Waals surface area contributed by atoms with Crippen LogP contribution in [0.1, 0.15) is 6.92 Å². The zero-order chi connectivity index (χ0) is 8.41. The quantitative estimate of drug-likeness (QED) is 0.514. The third-order valence-electron chi connectivity index (χ3n) is 0.884. The minimum absolute atomic E-state index is 0.575. The third kappa shape index (κ3) is 1.92. The fraction of sp³-hybridized carbons (Fsp3) is 0.500. The molecule has 0 aliphatic rings. The van der Waals surface area contributed by atoms with Crippen molar-refractivity contribution in [1.29, 1.82) is 0 Å². The molecule has 1 atom stereocenters. The molecule has 0 amide bonds. The molecule has 4 heteroatoms. The number of alkyl halides is 3. The van der Waals surface area contributed by atoms with Gasteiger partial charge in [0.05, 0.1) is 0 Å². The Hall–Kier alpha value is -0.690. The number of aliphatic hydroxyl groups is 1. The highest BCUT2D eigenvalue weighted by molar-refractivity contribution is 5.16. The molecule has 0 aromatic rings. The van der Waals surface area contributed by atoms with Gasteiger partial charge in [0.2, 0.25) is 5.60 Å². The van der Waals surface area contributed by atoms with Gasteiger partial charge in [0.15, 0.2) is 0 Å². The lowest BCUT2D eigenvalue weighted by Crippen LogP contribution is -2.40. The predicted molar refractivity (Wildman–Crippen MR) is 29.8 cm³/mol. The molecule has 10 heavy (non-hydrogen) atoms. The Balaban J connectivity index is 4.51. The summed E-state index contributed by atoms with van der Waals surface area (Å²) in [5.41, 5.74) is -2.94. The smallest absolute Gasteiger partial charge is 0.370 e. The van der Waals surface area contributed by atoms with Crippen molar-refractivity contribution < 1.29 is 18.3 Å². The summed E-state index contributed by atoms with van der Waals surface area (Å²) in [7, 11) is 0. The summed E-state index contributed by atoms with van der Waals surface area (Å²) >= 11 is 0. The van der Waals surface area contributed by atoms with Crippen LogP contribution in [0.4, 0.5) is 13.2 Å². The van der Waals surface area contributed by atoms with Crippen LogP contribution < -0.4 is 0 Å². The average molecular weight is 151 g/mol. The molecule has 0 fully saturated rings. The Morgan fingerprint density at radius 3 is 1.90 bits per heavy atom. The van der Waals surface area contributed by atoms with Crippen LogP contribution in [0.5, 0.6) is 0 Å². The molecule has 0 aromatic heterocycles. The van der Waals surface area contributed by atoms with Crippen LogP contribution in [-0.2, 0) is 0 Å². The van der Waals surface area contributed by atoms with Crippen LogP contribution in [0.25, 0.3) is 0 Å². The Labute approximate surface area is 56.9 Å². The van der Waals surface area contributed by atoms with Gasteiger partial charge in [0.1, 0.15) is 0 Å². The minimum atomic E-state index is -4.71. The second-order valence-electron chi connectivity index (χ2n) is 1.87. The van der Waals surface area contributed by atoms with Crippen molar-refractivity contribution >= 4 is 0 Å². The van der Waals surface area contributed by atoms with Gasteiger partial charge in [0.25, 0.3) is 0 Å². The first-order chi connectivity index (χ1) is 4.31. The first-order valence-electron chi connectivity index (χ1n) is 2.39. The maximum absolute atomic E-state index is 11.6. The van der Waals surface area contributed by atoms with Crippen molar-refractivity contribution in [3.8, 4) is 11.8 Å². The van der Waals surface area contributed by atoms with E-state index in [9.17, 15) is 13.2 Å². The van der Waals surface area contributed by atoms with Gasteiger partial charge in [0, 0.05) is 6.92 Å². The first-order valence-corrected chi connectivity index (χ1v) is 2.39. The van der Waals surface area contributed by atoms with E-state index in [-0.39, 0.29) is 0 Å². The Morgan fingerprint density at radius 1 is 1.40 bits per heavy atom. The fourth-order valence-electron chi connectivity index (χ4n) is 0.243. The summed E-state index contributed by atoms with van der Waals surface area (Å²) in [5, 5.41) is 8.51. The van der Waals surface area contributed by atoms with Crippen molar-refractivity contribution in [1.82, 2.24) is 0 Å². The second-order valence-corrected chi connectivity index (χ2v) is 1.87. The zero-order valence-electron chi connectivity index (χ0n) is 5.29. The number of rotatable bonds is 0. The van der Waals surface area contributed by atoms with E-state index < -0.39 is 11.8 Å². The van der Waals surface area contributed by atoms with Gasteiger partial charge in [-0.1, -0.05) is 11.8 Å². The molecule has 1 nitrogen and oxygen atoms in total. The summed E-state index contributed by atoms with van der Waals surface area (Å²) in [6, 6.07) is 0. The first kappa shape index (κ1) is 9.31.